The second-order valence-electron chi connectivity index (χ2n) is 7.38. The number of sulfonamides is 1. The minimum atomic E-state index is -3.46. The van der Waals surface area contributed by atoms with Gasteiger partial charge in [-0.15, -0.1) is 12.4 Å². The van der Waals surface area contributed by atoms with Gasteiger partial charge in [0.05, 0.1) is 12.0 Å². The molecule has 1 N–H and O–H groups in total. The molecule has 0 aliphatic carbocycles. The molecule has 3 rings (SSSR count). The predicted molar refractivity (Wildman–Crippen MR) is 125 cm³/mol. The summed E-state index contributed by atoms with van der Waals surface area (Å²) in [5.74, 6) is 1.03. The molecule has 1 aliphatic rings. The molecule has 32 heavy (non-hydrogen) atoms. The predicted octanol–water partition coefficient (Wildman–Crippen LogP) is 1.93. The van der Waals surface area contributed by atoms with Crippen LogP contribution in [-0.2, 0) is 14.8 Å². The molecule has 0 radical (unpaired) electrons. The SMILES string of the molecule is COc1cccc(OCC(=O)NCCN2CCN(S(=O)(=O)c3ccc(C)cc3)CC2)c1.Cl. The Morgan fingerprint density at radius 3 is 2.34 bits per heavy atom. The zero-order chi connectivity index (χ0) is 22.3. The maximum Gasteiger partial charge on any atom is 0.257 e. The smallest absolute Gasteiger partial charge is 0.257 e. The average Bonchev–Trinajstić information content (AvgIpc) is 2.78. The Morgan fingerprint density at radius 2 is 1.69 bits per heavy atom. The topological polar surface area (TPSA) is 88.2 Å². The summed E-state index contributed by atoms with van der Waals surface area (Å²) in [4.78, 5) is 14.5. The Morgan fingerprint density at radius 1 is 1.03 bits per heavy atom. The number of halogens is 1. The highest BCUT2D eigenvalue weighted by atomic mass is 35.5. The fourth-order valence-electron chi connectivity index (χ4n) is 3.30. The Balaban J connectivity index is 0.00000363. The van der Waals surface area contributed by atoms with Gasteiger partial charge in [0.25, 0.3) is 5.91 Å². The lowest BCUT2D eigenvalue weighted by Gasteiger charge is -2.34. The summed E-state index contributed by atoms with van der Waals surface area (Å²) in [6.45, 7) is 5.11. The fourth-order valence-corrected chi connectivity index (χ4v) is 4.72. The first-order valence-electron chi connectivity index (χ1n) is 10.2. The molecule has 1 amide bonds. The Labute approximate surface area is 196 Å². The molecular formula is C22H30ClN3O5S. The molecule has 0 saturated carbocycles. The van der Waals surface area contributed by atoms with Crippen LogP contribution in [0.4, 0.5) is 0 Å². The van der Waals surface area contributed by atoms with Gasteiger partial charge < -0.3 is 14.8 Å². The second kappa shape index (κ2) is 12.1. The minimum absolute atomic E-state index is 0. The van der Waals surface area contributed by atoms with Crippen LogP contribution in [0, 0.1) is 6.92 Å². The van der Waals surface area contributed by atoms with Crippen molar-refractivity contribution in [1.29, 1.82) is 0 Å². The first kappa shape index (κ1) is 25.9. The van der Waals surface area contributed by atoms with E-state index in [0.29, 0.717) is 55.7 Å². The van der Waals surface area contributed by atoms with Crippen molar-refractivity contribution in [3.8, 4) is 11.5 Å². The summed E-state index contributed by atoms with van der Waals surface area (Å²) in [5.41, 5.74) is 1.03. The molecule has 2 aromatic rings. The van der Waals surface area contributed by atoms with Crippen LogP contribution in [0.25, 0.3) is 0 Å². The van der Waals surface area contributed by atoms with Gasteiger partial charge in [0.15, 0.2) is 6.61 Å². The molecule has 0 spiro atoms. The lowest BCUT2D eigenvalue weighted by Crippen LogP contribution is -2.50. The highest BCUT2D eigenvalue weighted by Crippen LogP contribution is 2.19. The number of piperazine rings is 1. The summed E-state index contributed by atoms with van der Waals surface area (Å²) >= 11 is 0. The molecule has 2 aromatic carbocycles. The maximum absolute atomic E-state index is 12.8. The van der Waals surface area contributed by atoms with E-state index in [2.05, 4.69) is 10.2 Å². The van der Waals surface area contributed by atoms with Crippen molar-refractivity contribution in [3.05, 3.63) is 54.1 Å². The molecule has 0 unspecified atom stereocenters. The zero-order valence-electron chi connectivity index (χ0n) is 18.3. The van der Waals surface area contributed by atoms with Gasteiger partial charge in [0, 0.05) is 45.3 Å². The summed E-state index contributed by atoms with van der Waals surface area (Å²) in [6, 6.07) is 14.0. The van der Waals surface area contributed by atoms with Crippen LogP contribution in [0.3, 0.4) is 0 Å². The van der Waals surface area contributed by atoms with Gasteiger partial charge in [0.2, 0.25) is 10.0 Å². The lowest BCUT2D eigenvalue weighted by molar-refractivity contribution is -0.123. The Hall–Kier alpha value is -2.33. The number of rotatable bonds is 9. The van der Waals surface area contributed by atoms with E-state index in [0.717, 1.165) is 5.56 Å². The normalized spacial score (nSPS) is 14.9. The van der Waals surface area contributed by atoms with E-state index in [4.69, 9.17) is 9.47 Å². The van der Waals surface area contributed by atoms with Gasteiger partial charge in [-0.05, 0) is 31.2 Å². The van der Waals surface area contributed by atoms with Gasteiger partial charge in [-0.1, -0.05) is 23.8 Å². The number of carbonyl (C=O) groups excluding carboxylic acids is 1. The molecule has 1 saturated heterocycles. The number of hydrogen-bond acceptors (Lipinski definition) is 6. The lowest BCUT2D eigenvalue weighted by atomic mass is 10.2. The summed E-state index contributed by atoms with van der Waals surface area (Å²) in [5, 5.41) is 2.83. The third-order valence-corrected chi connectivity index (χ3v) is 7.06. The quantitative estimate of drug-likeness (QED) is 0.586. The van der Waals surface area contributed by atoms with Crippen molar-refractivity contribution < 1.29 is 22.7 Å². The van der Waals surface area contributed by atoms with Crippen molar-refractivity contribution in [2.24, 2.45) is 0 Å². The molecule has 176 valence electrons. The summed E-state index contributed by atoms with van der Waals surface area (Å²) < 4.78 is 37.7. The van der Waals surface area contributed by atoms with Crippen LogP contribution >= 0.6 is 12.4 Å². The number of aryl methyl sites for hydroxylation is 1. The number of hydrogen-bond donors (Lipinski definition) is 1. The van der Waals surface area contributed by atoms with E-state index in [-0.39, 0.29) is 24.9 Å². The van der Waals surface area contributed by atoms with Crippen LogP contribution in [0.15, 0.2) is 53.4 Å². The van der Waals surface area contributed by atoms with Gasteiger partial charge in [-0.3, -0.25) is 9.69 Å². The molecule has 8 nitrogen and oxygen atoms in total. The van der Waals surface area contributed by atoms with E-state index in [1.807, 2.05) is 19.1 Å². The molecule has 1 fully saturated rings. The highest BCUT2D eigenvalue weighted by Gasteiger charge is 2.28. The van der Waals surface area contributed by atoms with Crippen LogP contribution in [-0.4, -0.2) is 76.5 Å². The van der Waals surface area contributed by atoms with E-state index >= 15 is 0 Å². The zero-order valence-corrected chi connectivity index (χ0v) is 20.0. The highest BCUT2D eigenvalue weighted by molar-refractivity contribution is 7.89. The van der Waals surface area contributed by atoms with Gasteiger partial charge >= 0.3 is 0 Å². The number of nitrogens with one attached hydrogen (secondary N) is 1. The number of carbonyl (C=O) groups is 1. The number of amides is 1. The van der Waals surface area contributed by atoms with Crippen LogP contribution in [0.5, 0.6) is 11.5 Å². The number of methoxy groups -OCH3 is 1. The molecule has 0 atom stereocenters. The Bertz CT molecular complexity index is 977. The first-order valence-corrected chi connectivity index (χ1v) is 11.7. The van der Waals surface area contributed by atoms with E-state index < -0.39 is 10.0 Å². The number of ether oxygens (including phenoxy) is 2. The first-order chi connectivity index (χ1) is 14.9. The van der Waals surface area contributed by atoms with E-state index in [9.17, 15) is 13.2 Å². The summed E-state index contributed by atoms with van der Waals surface area (Å²) in [7, 11) is -1.89. The Kier molecular flexibility index (Phi) is 9.77. The van der Waals surface area contributed by atoms with Crippen LogP contribution < -0.4 is 14.8 Å². The van der Waals surface area contributed by atoms with Crippen molar-refractivity contribution in [2.45, 2.75) is 11.8 Å². The largest absolute Gasteiger partial charge is 0.497 e. The van der Waals surface area contributed by atoms with Gasteiger partial charge in [-0.2, -0.15) is 4.31 Å². The molecule has 0 aromatic heterocycles. The third-order valence-electron chi connectivity index (χ3n) is 5.15. The van der Waals surface area contributed by atoms with E-state index in [1.165, 1.54) is 4.31 Å². The molecule has 1 aliphatic heterocycles. The van der Waals surface area contributed by atoms with Crippen molar-refractivity contribution in [3.63, 3.8) is 0 Å². The van der Waals surface area contributed by atoms with Crippen LogP contribution in [0.1, 0.15) is 5.56 Å². The molecule has 0 bridgehead atoms. The standard InChI is InChI=1S/C22H29N3O5S.ClH/c1-18-6-8-21(9-7-18)31(27,28)25-14-12-24(13-15-25)11-10-23-22(26)17-30-20-5-3-4-19(16-20)29-2;/h3-9,16H,10-15,17H2,1-2H3,(H,23,26);1H. The number of benzene rings is 2. The van der Waals surface area contributed by atoms with Gasteiger partial charge in [-0.25, -0.2) is 8.42 Å². The molecule has 10 heteroatoms. The van der Waals surface area contributed by atoms with Crippen molar-refractivity contribution in [2.75, 3.05) is 53.0 Å². The second-order valence-corrected chi connectivity index (χ2v) is 9.31. The molecule has 1 heterocycles. The summed E-state index contributed by atoms with van der Waals surface area (Å²) in [6.07, 6.45) is 0. The van der Waals surface area contributed by atoms with Crippen molar-refractivity contribution >= 4 is 28.3 Å². The van der Waals surface area contributed by atoms with Gasteiger partial charge in [0.1, 0.15) is 11.5 Å². The minimum Gasteiger partial charge on any atom is -0.497 e. The molecular weight excluding hydrogens is 454 g/mol. The number of nitrogens with zero attached hydrogens (tertiary/aromatic N) is 2. The maximum atomic E-state index is 12.8. The van der Waals surface area contributed by atoms with E-state index in [1.54, 1.807) is 43.5 Å². The monoisotopic (exact) mass is 483 g/mol. The fraction of sp³-hybridized carbons (Fsp3) is 0.409. The third kappa shape index (κ3) is 7.09. The average molecular weight is 484 g/mol. The van der Waals surface area contributed by atoms with Crippen LogP contribution in [0.2, 0.25) is 0 Å². The van der Waals surface area contributed by atoms with Crippen molar-refractivity contribution in [1.82, 2.24) is 14.5 Å².